The van der Waals surface area contributed by atoms with Gasteiger partial charge in [0.05, 0.1) is 6.54 Å². The van der Waals surface area contributed by atoms with Gasteiger partial charge in [0.25, 0.3) is 5.91 Å². The molecule has 1 saturated heterocycles. The molecule has 3 amide bonds. The Bertz CT molecular complexity index is 1090. The molecule has 1 N–H and O–H groups in total. The zero-order valence-corrected chi connectivity index (χ0v) is 16.8. The van der Waals surface area contributed by atoms with E-state index in [0.717, 1.165) is 11.1 Å². The summed E-state index contributed by atoms with van der Waals surface area (Å²) in [4.78, 5) is 26.3. The van der Waals surface area contributed by atoms with Crippen LogP contribution in [0.5, 0.6) is 5.75 Å². The quantitative estimate of drug-likeness (QED) is 0.452. The number of carbonyl (C=O) groups excluding carboxylic acids is 2. The first-order chi connectivity index (χ1) is 14.6. The fourth-order valence-electron chi connectivity index (χ4n) is 3.11. The molecule has 3 aromatic carbocycles. The van der Waals surface area contributed by atoms with E-state index in [9.17, 15) is 9.59 Å². The molecule has 0 spiro atoms. The largest absolute Gasteiger partial charge is 0.488 e. The number of ether oxygens (including phenoxy) is 1. The number of nitrogens with zero attached hydrogens (tertiary/aromatic N) is 1. The van der Waals surface area contributed by atoms with Crippen molar-refractivity contribution in [3.05, 3.63) is 106 Å². The summed E-state index contributed by atoms with van der Waals surface area (Å²) in [6.45, 7) is 0.579. The predicted octanol–water partition coefficient (Wildman–Crippen LogP) is 5.01. The molecule has 0 aliphatic carbocycles. The van der Waals surface area contributed by atoms with Gasteiger partial charge in [-0.1, -0.05) is 72.3 Å². The molecule has 0 radical (unpaired) electrons. The Hall–Kier alpha value is -3.57. The minimum Gasteiger partial charge on any atom is -0.488 e. The number of hydrogen-bond donors (Lipinski definition) is 1. The van der Waals surface area contributed by atoms with E-state index in [4.69, 9.17) is 16.3 Å². The lowest BCUT2D eigenvalue weighted by Crippen LogP contribution is -2.30. The number of urea groups is 1. The maximum atomic E-state index is 12.8. The second-order valence-electron chi connectivity index (χ2n) is 6.82. The van der Waals surface area contributed by atoms with Crippen LogP contribution in [0, 0.1) is 0 Å². The van der Waals surface area contributed by atoms with Crippen molar-refractivity contribution in [2.45, 2.75) is 13.2 Å². The molecular weight excluding hydrogens is 400 g/mol. The van der Waals surface area contributed by atoms with Crippen molar-refractivity contribution < 1.29 is 14.3 Å². The van der Waals surface area contributed by atoms with Crippen molar-refractivity contribution in [1.82, 2.24) is 10.2 Å². The minimum absolute atomic E-state index is 0.220. The van der Waals surface area contributed by atoms with E-state index in [2.05, 4.69) is 5.32 Å². The molecule has 4 rings (SSSR count). The number of halogens is 1. The molecule has 0 bridgehead atoms. The number of para-hydroxylation sites is 1. The molecule has 1 heterocycles. The van der Waals surface area contributed by atoms with Gasteiger partial charge in [-0.2, -0.15) is 0 Å². The number of benzene rings is 3. The number of rotatable bonds is 6. The van der Waals surface area contributed by atoms with Gasteiger partial charge >= 0.3 is 6.03 Å². The highest BCUT2D eigenvalue weighted by atomic mass is 35.5. The Balaban J connectivity index is 1.51. The van der Waals surface area contributed by atoms with Crippen LogP contribution in [0.1, 0.15) is 16.7 Å². The van der Waals surface area contributed by atoms with Crippen LogP contribution in [-0.2, 0) is 17.9 Å². The molecule has 30 heavy (non-hydrogen) atoms. The highest BCUT2D eigenvalue weighted by Gasteiger charge is 2.33. The molecule has 0 saturated carbocycles. The Kier molecular flexibility index (Phi) is 5.82. The van der Waals surface area contributed by atoms with E-state index in [1.165, 1.54) is 4.90 Å². The number of amides is 3. The van der Waals surface area contributed by atoms with Gasteiger partial charge in [-0.05, 0) is 35.4 Å². The van der Waals surface area contributed by atoms with Gasteiger partial charge in [-0.15, -0.1) is 0 Å². The average Bonchev–Trinajstić information content (AvgIpc) is 3.02. The maximum Gasteiger partial charge on any atom is 0.329 e. The van der Waals surface area contributed by atoms with E-state index in [0.29, 0.717) is 22.9 Å². The Morgan fingerprint density at radius 3 is 2.33 bits per heavy atom. The van der Waals surface area contributed by atoms with E-state index in [1.54, 1.807) is 6.08 Å². The second-order valence-corrected chi connectivity index (χ2v) is 7.25. The minimum atomic E-state index is -0.435. The summed E-state index contributed by atoms with van der Waals surface area (Å²) in [6, 6.07) is 23.7. The summed E-state index contributed by atoms with van der Waals surface area (Å²) in [6.07, 6.45) is 1.64. The summed E-state index contributed by atoms with van der Waals surface area (Å²) in [5.41, 5.74) is 2.78. The summed E-state index contributed by atoms with van der Waals surface area (Å²) < 4.78 is 5.93. The fourth-order valence-corrected chi connectivity index (χ4v) is 3.24. The number of carbonyl (C=O) groups is 2. The maximum absolute atomic E-state index is 12.8. The van der Waals surface area contributed by atoms with Crippen LogP contribution in [0.25, 0.3) is 6.08 Å². The fraction of sp³-hybridized carbons (Fsp3) is 0.0833. The lowest BCUT2D eigenvalue weighted by molar-refractivity contribution is -0.123. The predicted molar refractivity (Wildman–Crippen MR) is 116 cm³/mol. The first-order valence-electron chi connectivity index (χ1n) is 9.45. The summed E-state index contributed by atoms with van der Waals surface area (Å²) in [5, 5.41) is 3.32. The van der Waals surface area contributed by atoms with Crippen molar-refractivity contribution in [3.63, 3.8) is 0 Å². The molecule has 150 valence electrons. The lowest BCUT2D eigenvalue weighted by Gasteiger charge is -2.11. The van der Waals surface area contributed by atoms with Gasteiger partial charge in [0.1, 0.15) is 18.1 Å². The second kappa shape index (κ2) is 8.84. The van der Waals surface area contributed by atoms with Crippen LogP contribution in [0.4, 0.5) is 4.79 Å². The van der Waals surface area contributed by atoms with E-state index in [1.807, 2.05) is 78.9 Å². The van der Waals surface area contributed by atoms with Crippen LogP contribution in [0.2, 0.25) is 5.02 Å². The third kappa shape index (κ3) is 4.53. The Morgan fingerprint density at radius 1 is 0.867 bits per heavy atom. The number of imide groups is 1. The topological polar surface area (TPSA) is 58.6 Å². The molecular formula is C24H19ClN2O3. The zero-order valence-electron chi connectivity index (χ0n) is 16.0. The molecule has 6 heteroatoms. The molecule has 1 aliphatic rings. The zero-order chi connectivity index (χ0) is 20.9. The first-order valence-corrected chi connectivity index (χ1v) is 9.83. The van der Waals surface area contributed by atoms with Crippen LogP contribution in [-0.4, -0.2) is 16.8 Å². The Morgan fingerprint density at radius 2 is 1.57 bits per heavy atom. The molecule has 0 aromatic heterocycles. The van der Waals surface area contributed by atoms with Crippen molar-refractivity contribution in [1.29, 1.82) is 0 Å². The van der Waals surface area contributed by atoms with E-state index >= 15 is 0 Å². The molecule has 1 fully saturated rings. The Labute approximate surface area is 179 Å². The van der Waals surface area contributed by atoms with E-state index in [-0.39, 0.29) is 18.1 Å². The molecule has 0 atom stereocenters. The third-order valence-electron chi connectivity index (χ3n) is 4.67. The average molecular weight is 419 g/mol. The van der Waals surface area contributed by atoms with Crippen molar-refractivity contribution in [2.75, 3.05) is 0 Å². The summed E-state index contributed by atoms with van der Waals surface area (Å²) in [5.74, 6) is 0.250. The van der Waals surface area contributed by atoms with Crippen molar-refractivity contribution in [2.24, 2.45) is 0 Å². The van der Waals surface area contributed by atoms with Gasteiger partial charge in [0.2, 0.25) is 0 Å². The molecule has 5 nitrogen and oxygen atoms in total. The van der Waals surface area contributed by atoms with Crippen molar-refractivity contribution >= 4 is 29.6 Å². The normalized spacial score (nSPS) is 14.8. The van der Waals surface area contributed by atoms with Crippen LogP contribution in [0.15, 0.2) is 84.6 Å². The number of hydrogen-bond acceptors (Lipinski definition) is 3. The van der Waals surface area contributed by atoms with Crippen LogP contribution in [0.3, 0.4) is 0 Å². The number of nitrogens with one attached hydrogen (secondary N) is 1. The van der Waals surface area contributed by atoms with Gasteiger partial charge in [-0.3, -0.25) is 9.69 Å². The lowest BCUT2D eigenvalue weighted by atomic mass is 10.1. The third-order valence-corrected chi connectivity index (χ3v) is 4.92. The molecule has 1 aliphatic heterocycles. The first kappa shape index (κ1) is 19.7. The standard InChI is InChI=1S/C24H19ClN2O3/c25-20-12-10-18(11-13-20)16-30-22-9-5-4-8-19(22)14-21-23(28)27(24(29)26-21)15-17-6-2-1-3-7-17/h1-14H,15-16H2,(H,26,29)/b21-14+. The molecule has 0 unspecified atom stereocenters. The van der Waals surface area contributed by atoms with Gasteiger partial charge in [0, 0.05) is 10.6 Å². The van der Waals surface area contributed by atoms with E-state index < -0.39 is 6.03 Å². The highest BCUT2D eigenvalue weighted by Crippen LogP contribution is 2.24. The summed E-state index contributed by atoms with van der Waals surface area (Å²) in [7, 11) is 0. The summed E-state index contributed by atoms with van der Waals surface area (Å²) >= 11 is 5.92. The van der Waals surface area contributed by atoms with Crippen LogP contribution < -0.4 is 10.1 Å². The van der Waals surface area contributed by atoms with Gasteiger partial charge in [0.15, 0.2) is 0 Å². The van der Waals surface area contributed by atoms with Crippen molar-refractivity contribution in [3.8, 4) is 5.75 Å². The van der Waals surface area contributed by atoms with Crippen LogP contribution >= 0.6 is 11.6 Å². The smallest absolute Gasteiger partial charge is 0.329 e. The highest BCUT2D eigenvalue weighted by molar-refractivity contribution is 6.30. The molecule has 3 aromatic rings. The van der Waals surface area contributed by atoms with Gasteiger partial charge < -0.3 is 10.1 Å². The SMILES string of the molecule is O=C1N/C(=C/c2ccccc2OCc2ccc(Cl)cc2)C(=O)N1Cc1ccccc1. The monoisotopic (exact) mass is 418 g/mol. The van der Waals surface area contributed by atoms with Gasteiger partial charge in [-0.25, -0.2) is 4.79 Å².